The minimum absolute atomic E-state index is 0.224. The minimum Gasteiger partial charge on any atom is -0.319 e. The third-order valence-corrected chi connectivity index (χ3v) is 4.16. The Morgan fingerprint density at radius 2 is 2.00 bits per heavy atom. The van der Waals surface area contributed by atoms with E-state index in [-0.39, 0.29) is 5.82 Å². The molecule has 2 aromatic carbocycles. The van der Waals surface area contributed by atoms with Crippen molar-refractivity contribution < 1.29 is 4.39 Å². The predicted octanol–water partition coefficient (Wildman–Crippen LogP) is 4.86. The molecule has 21 heavy (non-hydrogen) atoms. The van der Waals surface area contributed by atoms with Gasteiger partial charge in [-0.05, 0) is 67.7 Å². The molecule has 0 fully saturated rings. The third-order valence-electron chi connectivity index (χ3n) is 3.43. The van der Waals surface area contributed by atoms with Crippen molar-refractivity contribution in [2.75, 3.05) is 13.6 Å². The molecule has 0 spiro atoms. The average molecular weight is 371 g/mol. The van der Waals surface area contributed by atoms with Crippen LogP contribution in [0.25, 0.3) is 0 Å². The monoisotopic (exact) mass is 369 g/mol. The summed E-state index contributed by atoms with van der Waals surface area (Å²) in [5.41, 5.74) is 1.97. The first-order valence-electron chi connectivity index (χ1n) is 6.91. The molecule has 0 aliphatic carbocycles. The molecule has 2 aromatic rings. The second kappa shape index (κ2) is 7.92. The maximum Gasteiger partial charge on any atom is 0.127 e. The zero-order valence-corrected chi connectivity index (χ0v) is 14.2. The largest absolute Gasteiger partial charge is 0.319 e. The average Bonchev–Trinajstić information content (AvgIpc) is 2.42. The Morgan fingerprint density at radius 1 is 1.19 bits per heavy atom. The van der Waals surface area contributed by atoms with Gasteiger partial charge in [0, 0.05) is 9.50 Å². The van der Waals surface area contributed by atoms with Crippen LogP contribution in [-0.4, -0.2) is 13.6 Å². The van der Waals surface area contributed by atoms with E-state index in [1.165, 1.54) is 11.6 Å². The predicted molar refractivity (Wildman–Crippen MR) is 90.4 cm³/mol. The maximum absolute atomic E-state index is 13.9. The van der Waals surface area contributed by atoms with Gasteiger partial charge in [-0.15, -0.1) is 0 Å². The molecule has 112 valence electrons. The topological polar surface area (TPSA) is 12.0 Å². The summed E-state index contributed by atoms with van der Waals surface area (Å²) in [5, 5.41) is 3.63. The number of halogens is 3. The highest BCUT2D eigenvalue weighted by molar-refractivity contribution is 9.10. The van der Waals surface area contributed by atoms with E-state index in [0.717, 1.165) is 23.0 Å². The second-order valence-electron chi connectivity index (χ2n) is 5.20. The Balaban J connectivity index is 2.11. The molecule has 4 heteroatoms. The van der Waals surface area contributed by atoms with Crippen molar-refractivity contribution in [1.82, 2.24) is 5.32 Å². The van der Waals surface area contributed by atoms with E-state index < -0.39 is 0 Å². The molecule has 0 aliphatic rings. The van der Waals surface area contributed by atoms with Crippen molar-refractivity contribution in [2.45, 2.75) is 12.8 Å². The molecule has 0 aliphatic heterocycles. The van der Waals surface area contributed by atoms with Gasteiger partial charge in [0.1, 0.15) is 5.82 Å². The van der Waals surface area contributed by atoms with E-state index in [1.54, 1.807) is 12.1 Å². The first-order chi connectivity index (χ1) is 10.1. The molecule has 0 radical (unpaired) electrons. The quantitative estimate of drug-likeness (QED) is 0.765. The molecule has 0 saturated carbocycles. The third kappa shape index (κ3) is 5.10. The zero-order chi connectivity index (χ0) is 15.2. The van der Waals surface area contributed by atoms with Gasteiger partial charge in [0.15, 0.2) is 0 Å². The summed E-state index contributed by atoms with van der Waals surface area (Å²) < 4.78 is 15.0. The van der Waals surface area contributed by atoms with E-state index in [1.807, 2.05) is 19.2 Å². The van der Waals surface area contributed by atoms with Crippen molar-refractivity contribution in [3.8, 4) is 0 Å². The molecule has 0 saturated heterocycles. The number of nitrogens with one attached hydrogen (secondary N) is 1. The first-order valence-corrected chi connectivity index (χ1v) is 8.08. The lowest BCUT2D eigenvalue weighted by Crippen LogP contribution is -2.23. The molecule has 1 unspecified atom stereocenters. The minimum atomic E-state index is -0.224. The molecule has 2 rings (SSSR count). The van der Waals surface area contributed by atoms with Crippen molar-refractivity contribution >= 4 is 27.5 Å². The van der Waals surface area contributed by atoms with Gasteiger partial charge in [0.05, 0.1) is 0 Å². The normalized spacial score (nSPS) is 12.4. The summed E-state index contributed by atoms with van der Waals surface area (Å²) >= 11 is 9.29. The molecule has 1 nitrogen and oxygen atoms in total. The van der Waals surface area contributed by atoms with Gasteiger partial charge in [-0.1, -0.05) is 45.7 Å². The second-order valence-corrected chi connectivity index (χ2v) is 6.55. The summed E-state index contributed by atoms with van der Waals surface area (Å²) in [6.07, 6.45) is 1.60. The van der Waals surface area contributed by atoms with Gasteiger partial charge in [-0.2, -0.15) is 0 Å². The maximum atomic E-state index is 13.9. The molecular formula is C17H18BrClFN. The van der Waals surface area contributed by atoms with Crippen LogP contribution in [-0.2, 0) is 12.8 Å². The summed E-state index contributed by atoms with van der Waals surface area (Å²) in [5.74, 6) is 0.109. The fourth-order valence-electron chi connectivity index (χ4n) is 2.50. The van der Waals surface area contributed by atoms with E-state index in [0.29, 0.717) is 17.4 Å². The van der Waals surface area contributed by atoms with Crippen LogP contribution in [0, 0.1) is 11.7 Å². The fraction of sp³-hybridized carbons (Fsp3) is 0.294. The lowest BCUT2D eigenvalue weighted by atomic mass is 9.92. The smallest absolute Gasteiger partial charge is 0.127 e. The Labute approximate surface area is 138 Å². The van der Waals surface area contributed by atoms with Crippen LogP contribution in [0.2, 0.25) is 5.02 Å². The number of benzene rings is 2. The van der Waals surface area contributed by atoms with Gasteiger partial charge >= 0.3 is 0 Å². The zero-order valence-electron chi connectivity index (χ0n) is 11.9. The van der Waals surface area contributed by atoms with Crippen molar-refractivity contribution in [3.05, 3.63) is 68.9 Å². The van der Waals surface area contributed by atoms with Crippen molar-refractivity contribution in [1.29, 1.82) is 0 Å². The van der Waals surface area contributed by atoms with Crippen LogP contribution in [0.5, 0.6) is 0 Å². The number of hydrogen-bond acceptors (Lipinski definition) is 1. The van der Waals surface area contributed by atoms with Gasteiger partial charge in [-0.3, -0.25) is 0 Å². The molecule has 0 amide bonds. The van der Waals surface area contributed by atoms with E-state index in [9.17, 15) is 4.39 Å². The highest BCUT2D eigenvalue weighted by Crippen LogP contribution is 2.21. The summed E-state index contributed by atoms with van der Waals surface area (Å²) in [7, 11) is 1.92. The molecule has 1 atom stereocenters. The molecule has 0 aromatic heterocycles. The Kier molecular flexibility index (Phi) is 6.22. The van der Waals surface area contributed by atoms with Crippen LogP contribution < -0.4 is 5.32 Å². The Bertz CT molecular complexity index is 603. The lowest BCUT2D eigenvalue weighted by molar-refractivity contribution is 0.480. The highest BCUT2D eigenvalue weighted by atomic mass is 79.9. The standard InChI is InChI=1S/C17H18BrClFN/c1-21-11-13(7-12-3-2-4-15(18)9-12)8-14-5-6-16(19)10-17(14)20/h2-6,9-10,13,21H,7-8,11H2,1H3. The molecular weight excluding hydrogens is 353 g/mol. The molecule has 1 N–H and O–H groups in total. The first kappa shape index (κ1) is 16.5. The highest BCUT2D eigenvalue weighted by Gasteiger charge is 2.13. The van der Waals surface area contributed by atoms with E-state index in [2.05, 4.69) is 33.4 Å². The van der Waals surface area contributed by atoms with Gasteiger partial charge < -0.3 is 5.32 Å². The van der Waals surface area contributed by atoms with Crippen LogP contribution in [0.4, 0.5) is 4.39 Å². The van der Waals surface area contributed by atoms with E-state index in [4.69, 9.17) is 11.6 Å². The Morgan fingerprint density at radius 3 is 2.67 bits per heavy atom. The summed E-state index contributed by atoms with van der Waals surface area (Å²) in [4.78, 5) is 0. The van der Waals surface area contributed by atoms with Crippen LogP contribution >= 0.6 is 27.5 Å². The van der Waals surface area contributed by atoms with Crippen LogP contribution in [0.15, 0.2) is 46.9 Å². The molecule has 0 heterocycles. The van der Waals surface area contributed by atoms with Crippen LogP contribution in [0.3, 0.4) is 0 Å². The van der Waals surface area contributed by atoms with Gasteiger partial charge in [-0.25, -0.2) is 4.39 Å². The van der Waals surface area contributed by atoms with E-state index >= 15 is 0 Å². The molecule has 0 bridgehead atoms. The number of hydrogen-bond donors (Lipinski definition) is 1. The Hall–Kier alpha value is -0.900. The van der Waals surface area contributed by atoms with Crippen molar-refractivity contribution in [2.24, 2.45) is 5.92 Å². The summed E-state index contributed by atoms with van der Waals surface area (Å²) in [6.45, 7) is 0.842. The van der Waals surface area contributed by atoms with Crippen molar-refractivity contribution in [3.63, 3.8) is 0 Å². The lowest BCUT2D eigenvalue weighted by Gasteiger charge is -2.17. The van der Waals surface area contributed by atoms with Gasteiger partial charge in [0.25, 0.3) is 0 Å². The fourth-order valence-corrected chi connectivity index (χ4v) is 3.11. The SMILES string of the molecule is CNCC(Cc1cccc(Br)c1)Cc1ccc(Cl)cc1F. The number of rotatable bonds is 6. The summed E-state index contributed by atoms with van der Waals surface area (Å²) in [6, 6.07) is 13.2. The van der Waals surface area contributed by atoms with Crippen LogP contribution in [0.1, 0.15) is 11.1 Å². The van der Waals surface area contributed by atoms with Gasteiger partial charge in [0.2, 0.25) is 0 Å².